The van der Waals surface area contributed by atoms with Gasteiger partial charge in [0.25, 0.3) is 5.69 Å². The fourth-order valence-corrected chi connectivity index (χ4v) is 4.42. The van der Waals surface area contributed by atoms with E-state index in [4.69, 9.17) is 9.88 Å². The van der Waals surface area contributed by atoms with E-state index in [2.05, 4.69) is 10.6 Å². The Bertz CT molecular complexity index is 1340. The van der Waals surface area contributed by atoms with E-state index in [0.29, 0.717) is 10.6 Å². The zero-order valence-electron chi connectivity index (χ0n) is 17.4. The van der Waals surface area contributed by atoms with Crippen molar-refractivity contribution in [1.82, 2.24) is 0 Å². The largest absolute Gasteiger partial charge is 0.462 e. The Morgan fingerprint density at radius 3 is 2.61 bits per heavy atom. The molecule has 4 N–H and O–H groups in total. The van der Waals surface area contributed by atoms with Gasteiger partial charge in [-0.2, -0.15) is 0 Å². The van der Waals surface area contributed by atoms with Crippen molar-refractivity contribution in [2.24, 2.45) is 5.14 Å². The molecule has 3 aromatic rings. The monoisotopic (exact) mass is 492 g/mol. The summed E-state index contributed by atoms with van der Waals surface area (Å²) in [4.78, 5) is 34.8. The normalized spacial score (nSPS) is 11.2. The van der Waals surface area contributed by atoms with Crippen molar-refractivity contribution >= 4 is 60.4 Å². The lowest BCUT2D eigenvalue weighted by Gasteiger charge is -2.09. The number of primary sulfonamides is 1. The number of rotatable bonds is 9. The molecule has 1 heterocycles. The molecule has 33 heavy (non-hydrogen) atoms. The van der Waals surface area contributed by atoms with Gasteiger partial charge in [0.1, 0.15) is 10.6 Å². The Morgan fingerprint density at radius 1 is 1.18 bits per heavy atom. The van der Waals surface area contributed by atoms with Crippen molar-refractivity contribution in [2.75, 3.05) is 23.8 Å². The molecule has 0 fully saturated rings. The van der Waals surface area contributed by atoms with Crippen LogP contribution in [0.2, 0.25) is 0 Å². The van der Waals surface area contributed by atoms with E-state index in [9.17, 15) is 28.1 Å². The summed E-state index contributed by atoms with van der Waals surface area (Å²) in [6, 6.07) is 10.1. The third-order valence-corrected chi connectivity index (χ3v) is 6.45. The van der Waals surface area contributed by atoms with Crippen LogP contribution in [0.1, 0.15) is 23.0 Å². The summed E-state index contributed by atoms with van der Waals surface area (Å²) in [6.45, 7) is 2.07. The second kappa shape index (κ2) is 9.94. The molecule has 174 valence electrons. The Labute approximate surface area is 192 Å². The smallest absolute Gasteiger partial charge is 0.348 e. The van der Waals surface area contributed by atoms with Crippen molar-refractivity contribution < 1.29 is 27.7 Å². The zero-order valence-corrected chi connectivity index (χ0v) is 19.0. The molecular formula is C20H20N4O7S2. The number of amides is 1. The molecular weight excluding hydrogens is 472 g/mol. The zero-order chi connectivity index (χ0) is 24.2. The number of sulfonamides is 1. The lowest BCUT2D eigenvalue weighted by atomic mass is 10.2. The second-order valence-corrected chi connectivity index (χ2v) is 9.43. The topological polar surface area (TPSA) is 171 Å². The number of nitro benzene ring substituents is 1. The lowest BCUT2D eigenvalue weighted by Crippen LogP contribution is -2.17. The third kappa shape index (κ3) is 6.03. The maximum Gasteiger partial charge on any atom is 0.348 e. The molecule has 11 nitrogen and oxygen atoms in total. The van der Waals surface area contributed by atoms with E-state index in [-0.39, 0.29) is 36.1 Å². The number of fused-ring (bicyclic) bond motifs is 1. The maximum absolute atomic E-state index is 12.3. The van der Waals surface area contributed by atoms with Gasteiger partial charge in [-0.05, 0) is 48.7 Å². The van der Waals surface area contributed by atoms with Gasteiger partial charge < -0.3 is 15.4 Å². The number of hydrogen-bond donors (Lipinski definition) is 3. The fraction of sp³-hybridized carbons (Fsp3) is 0.200. The molecule has 0 saturated heterocycles. The minimum Gasteiger partial charge on any atom is -0.462 e. The molecule has 2 aromatic carbocycles. The molecule has 0 spiro atoms. The average molecular weight is 493 g/mol. The highest BCUT2D eigenvalue weighted by atomic mass is 32.2. The highest BCUT2D eigenvalue weighted by Crippen LogP contribution is 2.29. The summed E-state index contributed by atoms with van der Waals surface area (Å²) in [5.74, 6) is -0.743. The molecule has 0 atom stereocenters. The molecule has 13 heteroatoms. The second-order valence-electron chi connectivity index (χ2n) is 6.79. The van der Waals surface area contributed by atoms with Gasteiger partial charge in [-0.25, -0.2) is 18.4 Å². The number of benzene rings is 2. The summed E-state index contributed by atoms with van der Waals surface area (Å²) in [7, 11) is -4.09. The number of thiophene rings is 1. The number of carbonyl (C=O) groups is 2. The Kier molecular flexibility index (Phi) is 7.26. The number of nitrogens with two attached hydrogens (primary N) is 1. The summed E-state index contributed by atoms with van der Waals surface area (Å²) in [6.07, 6.45) is -0.0101. The average Bonchev–Trinajstić information content (AvgIpc) is 3.17. The number of nitrogens with one attached hydrogen (secondary N) is 2. The summed E-state index contributed by atoms with van der Waals surface area (Å²) in [5.41, 5.74) is 0.123. The van der Waals surface area contributed by atoms with E-state index in [1.54, 1.807) is 31.2 Å². The minimum absolute atomic E-state index is 0.0101. The number of carbonyl (C=O) groups excluding carboxylic acids is 2. The minimum atomic E-state index is -4.09. The summed E-state index contributed by atoms with van der Waals surface area (Å²) < 4.78 is 28.7. The molecule has 0 saturated carbocycles. The standard InChI is InChI=1S/C20H20N4O7S2/c1-2-31-20(26)18-10-12-9-13(3-6-17(12)32-18)23-19(25)7-8-22-15-5-4-14(33(21,29)30)11-16(15)24(27)28/h3-6,9-11,22H,2,7-8H2,1H3,(H,23,25)(H2,21,29,30). The van der Waals surface area contributed by atoms with Crippen LogP contribution in [0.4, 0.5) is 17.1 Å². The van der Waals surface area contributed by atoms with Crippen LogP contribution in [0.25, 0.3) is 10.1 Å². The lowest BCUT2D eigenvalue weighted by molar-refractivity contribution is -0.384. The van der Waals surface area contributed by atoms with Crippen molar-refractivity contribution in [3.8, 4) is 0 Å². The van der Waals surface area contributed by atoms with E-state index >= 15 is 0 Å². The van der Waals surface area contributed by atoms with E-state index in [1.807, 2.05) is 0 Å². The molecule has 3 rings (SSSR count). The maximum atomic E-state index is 12.3. The molecule has 0 aliphatic carbocycles. The Hall–Kier alpha value is -3.55. The van der Waals surface area contributed by atoms with Crippen molar-refractivity contribution in [1.29, 1.82) is 0 Å². The first kappa shape index (κ1) is 24.1. The molecule has 0 bridgehead atoms. The van der Waals surface area contributed by atoms with Crippen LogP contribution in [-0.2, 0) is 19.6 Å². The van der Waals surface area contributed by atoms with Crippen LogP contribution in [0, 0.1) is 10.1 Å². The first-order valence-corrected chi connectivity index (χ1v) is 12.0. The van der Waals surface area contributed by atoms with Crippen LogP contribution in [0.15, 0.2) is 47.4 Å². The highest BCUT2D eigenvalue weighted by molar-refractivity contribution is 7.89. The van der Waals surface area contributed by atoms with Crippen LogP contribution in [0.5, 0.6) is 0 Å². The molecule has 1 aromatic heterocycles. The van der Waals surface area contributed by atoms with Gasteiger partial charge in [0.2, 0.25) is 15.9 Å². The number of nitrogens with zero attached hydrogens (tertiary/aromatic N) is 1. The van der Waals surface area contributed by atoms with Gasteiger partial charge in [0.05, 0.1) is 16.4 Å². The highest BCUT2D eigenvalue weighted by Gasteiger charge is 2.19. The van der Waals surface area contributed by atoms with E-state index in [1.165, 1.54) is 17.4 Å². The SMILES string of the molecule is CCOC(=O)c1cc2cc(NC(=O)CCNc3ccc(S(N)(=O)=O)cc3[N+](=O)[O-])ccc2s1. The Balaban J connectivity index is 1.62. The van der Waals surface area contributed by atoms with Gasteiger partial charge in [-0.1, -0.05) is 0 Å². The Morgan fingerprint density at radius 2 is 1.94 bits per heavy atom. The van der Waals surface area contributed by atoms with Gasteiger partial charge >= 0.3 is 5.97 Å². The van der Waals surface area contributed by atoms with Crippen molar-refractivity contribution in [3.63, 3.8) is 0 Å². The number of esters is 1. The fourth-order valence-electron chi connectivity index (χ4n) is 2.95. The number of hydrogen-bond acceptors (Lipinski definition) is 9. The molecule has 0 radical (unpaired) electrons. The quantitative estimate of drug-likeness (QED) is 0.232. The van der Waals surface area contributed by atoms with Crippen LogP contribution < -0.4 is 15.8 Å². The van der Waals surface area contributed by atoms with Gasteiger partial charge in [-0.15, -0.1) is 11.3 Å². The van der Waals surface area contributed by atoms with Gasteiger partial charge in [-0.3, -0.25) is 14.9 Å². The molecule has 0 unspecified atom stereocenters. The summed E-state index contributed by atoms with van der Waals surface area (Å²) in [5, 5.41) is 22.5. The number of nitro groups is 1. The first-order valence-electron chi connectivity index (χ1n) is 9.64. The van der Waals surface area contributed by atoms with Crippen LogP contribution in [-0.4, -0.2) is 38.4 Å². The first-order chi connectivity index (χ1) is 15.6. The van der Waals surface area contributed by atoms with E-state index in [0.717, 1.165) is 22.2 Å². The van der Waals surface area contributed by atoms with Crippen LogP contribution >= 0.6 is 11.3 Å². The predicted molar refractivity (Wildman–Crippen MR) is 124 cm³/mol. The third-order valence-electron chi connectivity index (χ3n) is 4.44. The predicted octanol–water partition coefficient (Wildman–Crippen LogP) is 3.07. The van der Waals surface area contributed by atoms with E-state index < -0.39 is 26.6 Å². The van der Waals surface area contributed by atoms with Gasteiger partial charge in [0.15, 0.2) is 0 Å². The number of ether oxygens (including phenoxy) is 1. The molecule has 0 aliphatic rings. The molecule has 1 amide bonds. The van der Waals surface area contributed by atoms with Crippen molar-refractivity contribution in [3.05, 3.63) is 57.5 Å². The van der Waals surface area contributed by atoms with Gasteiger partial charge in [0, 0.05) is 29.4 Å². The van der Waals surface area contributed by atoms with Crippen molar-refractivity contribution in [2.45, 2.75) is 18.2 Å². The number of anilines is 2. The summed E-state index contributed by atoms with van der Waals surface area (Å²) >= 11 is 1.29. The molecule has 0 aliphatic heterocycles. The van der Waals surface area contributed by atoms with Crippen LogP contribution in [0.3, 0.4) is 0 Å².